The van der Waals surface area contributed by atoms with Gasteiger partial charge in [-0.1, -0.05) is 30.3 Å². The topological polar surface area (TPSA) is 75.0 Å². The van der Waals surface area contributed by atoms with E-state index >= 15 is 0 Å². The zero-order valence-corrected chi connectivity index (χ0v) is 12.2. The van der Waals surface area contributed by atoms with E-state index in [-0.39, 0.29) is 12.5 Å². The second-order valence-corrected chi connectivity index (χ2v) is 4.83. The van der Waals surface area contributed by atoms with Crippen molar-refractivity contribution in [1.82, 2.24) is 4.98 Å². The number of carbonyl (C=O) groups is 1. The minimum absolute atomic E-state index is 0.179. The molecule has 0 aliphatic carbocycles. The van der Waals surface area contributed by atoms with Gasteiger partial charge in [-0.25, -0.2) is 0 Å². The molecule has 3 aromatic rings. The summed E-state index contributed by atoms with van der Waals surface area (Å²) < 4.78 is 5.42. The first kappa shape index (κ1) is 14.5. The summed E-state index contributed by atoms with van der Waals surface area (Å²) in [6, 6.07) is 18.2. The van der Waals surface area contributed by atoms with Gasteiger partial charge in [-0.3, -0.25) is 9.78 Å². The normalized spacial score (nSPS) is 10.0. The van der Waals surface area contributed by atoms with Crippen LogP contribution in [0.25, 0.3) is 10.9 Å². The van der Waals surface area contributed by atoms with Crippen LogP contribution in [0.5, 0.6) is 5.75 Å². The average Bonchev–Trinajstić information content (AvgIpc) is 2.60. The highest BCUT2D eigenvalue weighted by molar-refractivity contribution is 6.00. The Labute approximate surface area is 133 Å². The number of carbonyl (C=O) groups excluding carboxylic acids is 1. The van der Waals surface area contributed by atoms with Gasteiger partial charge in [0.05, 0.1) is 16.8 Å². The highest BCUT2D eigenvalue weighted by Crippen LogP contribution is 2.21. The van der Waals surface area contributed by atoms with Gasteiger partial charge < -0.3 is 10.1 Å². The van der Waals surface area contributed by atoms with Crippen molar-refractivity contribution in [2.24, 2.45) is 0 Å². The molecule has 3 rings (SSSR count). The van der Waals surface area contributed by atoms with E-state index in [4.69, 9.17) is 10.00 Å². The van der Waals surface area contributed by atoms with Crippen LogP contribution in [0.4, 0.5) is 5.69 Å². The lowest BCUT2D eigenvalue weighted by molar-refractivity contribution is -0.118. The Morgan fingerprint density at radius 2 is 1.96 bits per heavy atom. The maximum absolute atomic E-state index is 12.1. The van der Waals surface area contributed by atoms with E-state index in [0.29, 0.717) is 17.0 Å². The van der Waals surface area contributed by atoms with Crippen molar-refractivity contribution in [3.63, 3.8) is 0 Å². The number of fused-ring (bicyclic) bond motifs is 1. The summed E-state index contributed by atoms with van der Waals surface area (Å²) in [4.78, 5) is 16.4. The second kappa shape index (κ2) is 6.58. The number of nitrogens with zero attached hydrogens (tertiary/aromatic N) is 2. The number of hydrogen-bond acceptors (Lipinski definition) is 4. The highest BCUT2D eigenvalue weighted by atomic mass is 16.5. The van der Waals surface area contributed by atoms with E-state index in [9.17, 15) is 4.79 Å². The number of aromatic nitrogens is 1. The number of nitriles is 1. The molecule has 1 heterocycles. The summed E-state index contributed by atoms with van der Waals surface area (Å²) in [5.74, 6) is 0.0806. The van der Waals surface area contributed by atoms with Crippen LogP contribution in [0.1, 0.15) is 5.56 Å². The molecule has 0 aliphatic heterocycles. The zero-order chi connectivity index (χ0) is 16.1. The predicted octanol–water partition coefficient (Wildman–Crippen LogP) is 3.12. The minimum atomic E-state index is -0.309. The Bertz CT molecular complexity index is 895. The summed E-state index contributed by atoms with van der Waals surface area (Å²) in [5.41, 5.74) is 1.75. The maximum Gasteiger partial charge on any atom is 0.262 e. The molecule has 0 fully saturated rings. The number of anilines is 1. The molecule has 0 unspecified atom stereocenters. The molecular formula is C18H13N3O2. The lowest BCUT2D eigenvalue weighted by atomic mass is 10.2. The molecule has 5 nitrogen and oxygen atoms in total. The fourth-order valence-electron chi connectivity index (χ4n) is 2.22. The SMILES string of the molecule is N#Cc1ccccc1OCC(=O)Nc1cccc2cccnc12. The lowest BCUT2D eigenvalue weighted by Gasteiger charge is -2.10. The van der Waals surface area contributed by atoms with Gasteiger partial charge >= 0.3 is 0 Å². The van der Waals surface area contributed by atoms with Crippen LogP contribution in [-0.2, 0) is 4.79 Å². The van der Waals surface area contributed by atoms with Crippen molar-refractivity contribution in [3.05, 3.63) is 66.4 Å². The molecule has 2 aromatic carbocycles. The minimum Gasteiger partial charge on any atom is -0.482 e. The molecule has 5 heteroatoms. The molecule has 0 spiro atoms. The van der Waals surface area contributed by atoms with Gasteiger partial charge in [0.2, 0.25) is 0 Å². The molecule has 0 saturated carbocycles. The number of nitrogens with one attached hydrogen (secondary N) is 1. The molecule has 1 aromatic heterocycles. The van der Waals surface area contributed by atoms with Crippen LogP contribution in [-0.4, -0.2) is 17.5 Å². The van der Waals surface area contributed by atoms with Crippen molar-refractivity contribution in [1.29, 1.82) is 5.26 Å². The van der Waals surface area contributed by atoms with Crippen LogP contribution in [0.15, 0.2) is 60.8 Å². The molecular weight excluding hydrogens is 290 g/mol. The Balaban J connectivity index is 1.71. The molecule has 0 radical (unpaired) electrons. The molecule has 0 atom stereocenters. The monoisotopic (exact) mass is 303 g/mol. The van der Waals surface area contributed by atoms with E-state index < -0.39 is 0 Å². The third-order valence-electron chi connectivity index (χ3n) is 3.27. The summed E-state index contributed by atoms with van der Waals surface area (Å²) in [5, 5.41) is 12.7. The zero-order valence-electron chi connectivity index (χ0n) is 12.2. The van der Waals surface area contributed by atoms with E-state index in [1.807, 2.05) is 30.3 Å². The van der Waals surface area contributed by atoms with E-state index in [1.165, 1.54) is 0 Å². The molecule has 1 amide bonds. The van der Waals surface area contributed by atoms with Crippen LogP contribution >= 0.6 is 0 Å². The molecule has 1 N–H and O–H groups in total. The maximum atomic E-state index is 12.1. The van der Waals surface area contributed by atoms with Gasteiger partial charge in [0.25, 0.3) is 5.91 Å². The van der Waals surface area contributed by atoms with Gasteiger partial charge in [-0.05, 0) is 24.3 Å². The molecule has 112 valence electrons. The summed E-state index contributed by atoms with van der Waals surface area (Å²) in [7, 11) is 0. The quantitative estimate of drug-likeness (QED) is 0.803. The van der Waals surface area contributed by atoms with Crippen molar-refractivity contribution in [2.75, 3.05) is 11.9 Å². The van der Waals surface area contributed by atoms with Crippen molar-refractivity contribution in [2.45, 2.75) is 0 Å². The van der Waals surface area contributed by atoms with Crippen LogP contribution < -0.4 is 10.1 Å². The summed E-state index contributed by atoms with van der Waals surface area (Å²) >= 11 is 0. The summed E-state index contributed by atoms with van der Waals surface area (Å²) in [6.45, 7) is -0.179. The molecule has 0 bridgehead atoms. The van der Waals surface area contributed by atoms with Crippen LogP contribution in [0.2, 0.25) is 0 Å². The van der Waals surface area contributed by atoms with Gasteiger partial charge in [-0.15, -0.1) is 0 Å². The molecule has 0 saturated heterocycles. The average molecular weight is 303 g/mol. The summed E-state index contributed by atoms with van der Waals surface area (Å²) in [6.07, 6.45) is 1.68. The van der Waals surface area contributed by atoms with Crippen molar-refractivity contribution >= 4 is 22.5 Å². The smallest absolute Gasteiger partial charge is 0.262 e. The Kier molecular flexibility index (Phi) is 4.16. The third kappa shape index (κ3) is 3.27. The number of amides is 1. The third-order valence-corrected chi connectivity index (χ3v) is 3.27. The van der Waals surface area contributed by atoms with E-state index in [2.05, 4.69) is 10.3 Å². The fourth-order valence-corrected chi connectivity index (χ4v) is 2.22. The van der Waals surface area contributed by atoms with Crippen molar-refractivity contribution in [3.8, 4) is 11.8 Å². The highest BCUT2D eigenvalue weighted by Gasteiger charge is 2.09. The number of pyridine rings is 1. The Morgan fingerprint density at radius 1 is 1.13 bits per heavy atom. The first-order valence-electron chi connectivity index (χ1n) is 7.03. The molecule has 0 aliphatic rings. The first-order valence-corrected chi connectivity index (χ1v) is 7.03. The number of ether oxygens (including phenoxy) is 1. The fraction of sp³-hybridized carbons (Fsp3) is 0.0556. The number of benzene rings is 2. The number of para-hydroxylation sites is 2. The lowest BCUT2D eigenvalue weighted by Crippen LogP contribution is -2.20. The van der Waals surface area contributed by atoms with Gasteiger partial charge in [0.1, 0.15) is 11.8 Å². The van der Waals surface area contributed by atoms with Gasteiger partial charge in [0, 0.05) is 11.6 Å². The molecule has 23 heavy (non-hydrogen) atoms. The Morgan fingerprint density at radius 3 is 2.83 bits per heavy atom. The van der Waals surface area contributed by atoms with Crippen molar-refractivity contribution < 1.29 is 9.53 Å². The van der Waals surface area contributed by atoms with Crippen LogP contribution in [0.3, 0.4) is 0 Å². The second-order valence-electron chi connectivity index (χ2n) is 4.83. The number of hydrogen-bond donors (Lipinski definition) is 1. The van der Waals surface area contributed by atoms with E-state index in [1.54, 1.807) is 36.5 Å². The van der Waals surface area contributed by atoms with Crippen LogP contribution in [0, 0.1) is 11.3 Å². The predicted molar refractivity (Wildman–Crippen MR) is 87.0 cm³/mol. The Hall–Kier alpha value is -3.39. The standard InChI is InChI=1S/C18H13N3O2/c19-11-14-5-1-2-9-16(14)23-12-17(22)21-15-8-3-6-13-7-4-10-20-18(13)15/h1-10H,12H2,(H,21,22). The van der Waals surface area contributed by atoms with Gasteiger partial charge in [-0.2, -0.15) is 5.26 Å². The largest absolute Gasteiger partial charge is 0.482 e. The van der Waals surface area contributed by atoms with E-state index in [0.717, 1.165) is 10.9 Å². The van der Waals surface area contributed by atoms with Gasteiger partial charge in [0.15, 0.2) is 6.61 Å². The first-order chi connectivity index (χ1) is 11.3. The number of rotatable bonds is 4.